The molecule has 1 nitrogen and oxygen atoms in total. The van der Waals surface area contributed by atoms with Gasteiger partial charge in [0.2, 0.25) is 0 Å². The van der Waals surface area contributed by atoms with Gasteiger partial charge in [-0.25, -0.2) is 0 Å². The highest BCUT2D eigenvalue weighted by molar-refractivity contribution is 6.18. The Kier molecular flexibility index (Phi) is 4.14. The molecule has 1 unspecified atom stereocenters. The van der Waals surface area contributed by atoms with Crippen molar-refractivity contribution in [3.8, 4) is 0 Å². The minimum Gasteiger partial charge on any atom is -0.309 e. The number of nitrogens with one attached hydrogen (secondary N) is 1. The van der Waals surface area contributed by atoms with Crippen LogP contribution in [0.25, 0.3) is 0 Å². The van der Waals surface area contributed by atoms with Gasteiger partial charge >= 0.3 is 0 Å². The molecular formula is C17H24ClN. The standard InChI is InChI=1S/C17H24ClN/c18-13-17(10-3-4-11-17)19-12-15-8-5-7-14-6-1-2-9-16(14)15/h1-2,6,9,15,19H,3-5,7-8,10-13H2. The largest absolute Gasteiger partial charge is 0.309 e. The lowest BCUT2D eigenvalue weighted by molar-refractivity contribution is 0.347. The van der Waals surface area contributed by atoms with E-state index in [2.05, 4.69) is 29.6 Å². The molecule has 0 radical (unpaired) electrons. The number of rotatable bonds is 4. The second-order valence-corrected chi connectivity index (χ2v) is 6.56. The number of fused-ring (bicyclic) bond motifs is 1. The Hall–Kier alpha value is -0.530. The molecule has 0 heterocycles. The van der Waals surface area contributed by atoms with Crippen LogP contribution in [-0.4, -0.2) is 18.0 Å². The molecular weight excluding hydrogens is 254 g/mol. The van der Waals surface area contributed by atoms with Crippen molar-refractivity contribution in [2.45, 2.75) is 56.4 Å². The molecule has 1 aromatic carbocycles. The molecule has 2 aliphatic rings. The van der Waals surface area contributed by atoms with Gasteiger partial charge in [-0.15, -0.1) is 11.6 Å². The molecule has 19 heavy (non-hydrogen) atoms. The van der Waals surface area contributed by atoms with Crippen molar-refractivity contribution in [1.29, 1.82) is 0 Å². The number of alkyl halides is 1. The van der Waals surface area contributed by atoms with Gasteiger partial charge in [-0.2, -0.15) is 0 Å². The van der Waals surface area contributed by atoms with E-state index in [0.717, 1.165) is 12.4 Å². The first-order valence-corrected chi connectivity index (χ1v) is 8.25. The van der Waals surface area contributed by atoms with Crippen LogP contribution < -0.4 is 5.32 Å². The molecule has 0 spiro atoms. The monoisotopic (exact) mass is 277 g/mol. The quantitative estimate of drug-likeness (QED) is 0.812. The molecule has 0 aromatic heterocycles. The second-order valence-electron chi connectivity index (χ2n) is 6.29. The van der Waals surface area contributed by atoms with Crippen LogP contribution in [0.5, 0.6) is 0 Å². The maximum Gasteiger partial charge on any atom is 0.0406 e. The normalized spacial score (nSPS) is 25.2. The zero-order valence-electron chi connectivity index (χ0n) is 11.6. The molecule has 1 saturated carbocycles. The van der Waals surface area contributed by atoms with Crippen LogP contribution in [0.4, 0.5) is 0 Å². The van der Waals surface area contributed by atoms with Crippen molar-refractivity contribution in [3.63, 3.8) is 0 Å². The molecule has 2 heteroatoms. The number of hydrogen-bond donors (Lipinski definition) is 1. The molecule has 0 saturated heterocycles. The maximum atomic E-state index is 6.22. The zero-order valence-corrected chi connectivity index (χ0v) is 12.4. The summed E-state index contributed by atoms with van der Waals surface area (Å²) in [6.07, 6.45) is 9.09. The predicted octanol–water partition coefficient (Wildman–Crippen LogP) is 4.25. The summed E-state index contributed by atoms with van der Waals surface area (Å²) in [5.74, 6) is 1.45. The molecule has 1 atom stereocenters. The fourth-order valence-corrected chi connectivity index (χ4v) is 4.18. The average molecular weight is 278 g/mol. The molecule has 1 aromatic rings. The van der Waals surface area contributed by atoms with Gasteiger partial charge in [-0.1, -0.05) is 37.1 Å². The van der Waals surface area contributed by atoms with Gasteiger partial charge in [-0.3, -0.25) is 0 Å². The van der Waals surface area contributed by atoms with Crippen LogP contribution in [0.1, 0.15) is 55.6 Å². The SMILES string of the molecule is ClCC1(NCC2CCCc3ccccc32)CCCC1. The minimum absolute atomic E-state index is 0.230. The molecule has 104 valence electrons. The van der Waals surface area contributed by atoms with E-state index in [0.29, 0.717) is 5.92 Å². The fraction of sp³-hybridized carbons (Fsp3) is 0.647. The van der Waals surface area contributed by atoms with E-state index in [4.69, 9.17) is 11.6 Å². The Bertz CT molecular complexity index is 423. The van der Waals surface area contributed by atoms with E-state index in [1.54, 1.807) is 11.1 Å². The number of benzene rings is 1. The average Bonchev–Trinajstić information content (AvgIpc) is 2.94. The fourth-order valence-electron chi connectivity index (χ4n) is 3.82. The van der Waals surface area contributed by atoms with Crippen LogP contribution in [0.2, 0.25) is 0 Å². The van der Waals surface area contributed by atoms with E-state index in [1.165, 1.54) is 44.9 Å². The summed E-state index contributed by atoms with van der Waals surface area (Å²) < 4.78 is 0. The third kappa shape index (κ3) is 2.83. The number of halogens is 1. The first-order valence-electron chi connectivity index (χ1n) is 7.72. The Morgan fingerprint density at radius 3 is 2.74 bits per heavy atom. The van der Waals surface area contributed by atoms with Crippen molar-refractivity contribution >= 4 is 11.6 Å². The van der Waals surface area contributed by atoms with Gasteiger partial charge in [0.05, 0.1) is 0 Å². The molecule has 3 rings (SSSR count). The lowest BCUT2D eigenvalue weighted by Gasteiger charge is -2.33. The molecule has 0 amide bonds. The second kappa shape index (κ2) is 5.85. The van der Waals surface area contributed by atoms with Crippen LogP contribution in [0, 0.1) is 0 Å². The van der Waals surface area contributed by atoms with Crippen LogP contribution >= 0.6 is 11.6 Å². The first-order chi connectivity index (χ1) is 9.33. The molecule has 2 aliphatic carbocycles. The molecule has 0 bridgehead atoms. The summed E-state index contributed by atoms with van der Waals surface area (Å²) in [7, 11) is 0. The highest BCUT2D eigenvalue weighted by atomic mass is 35.5. The Balaban J connectivity index is 1.68. The summed E-state index contributed by atoms with van der Waals surface area (Å²) in [6, 6.07) is 8.98. The van der Waals surface area contributed by atoms with Crippen molar-refractivity contribution in [3.05, 3.63) is 35.4 Å². The maximum absolute atomic E-state index is 6.22. The molecule has 0 aliphatic heterocycles. The summed E-state index contributed by atoms with van der Waals surface area (Å²) in [6.45, 7) is 1.10. The van der Waals surface area contributed by atoms with E-state index in [1.807, 2.05) is 0 Å². The zero-order chi connectivity index (χ0) is 13.1. The summed E-state index contributed by atoms with van der Waals surface area (Å²) in [5, 5.41) is 3.82. The van der Waals surface area contributed by atoms with Gasteiger partial charge in [0.15, 0.2) is 0 Å². The summed E-state index contributed by atoms with van der Waals surface area (Å²) in [5.41, 5.74) is 3.37. The van der Waals surface area contributed by atoms with Crippen molar-refractivity contribution in [2.75, 3.05) is 12.4 Å². The molecule has 1 N–H and O–H groups in total. The van der Waals surface area contributed by atoms with E-state index < -0.39 is 0 Å². The van der Waals surface area contributed by atoms with Gasteiger partial charge in [-0.05, 0) is 49.1 Å². The summed E-state index contributed by atoms with van der Waals surface area (Å²) in [4.78, 5) is 0. The lowest BCUT2D eigenvalue weighted by atomic mass is 9.82. The van der Waals surface area contributed by atoms with Crippen LogP contribution in [0.3, 0.4) is 0 Å². The highest BCUT2D eigenvalue weighted by Crippen LogP contribution is 2.34. The van der Waals surface area contributed by atoms with Gasteiger partial charge < -0.3 is 5.32 Å². The smallest absolute Gasteiger partial charge is 0.0406 e. The van der Waals surface area contributed by atoms with E-state index in [9.17, 15) is 0 Å². The lowest BCUT2D eigenvalue weighted by Crippen LogP contribution is -2.46. The third-order valence-electron chi connectivity index (χ3n) is 5.03. The Morgan fingerprint density at radius 1 is 1.16 bits per heavy atom. The van der Waals surface area contributed by atoms with Gasteiger partial charge in [0, 0.05) is 18.0 Å². The Labute approximate surface area is 121 Å². The van der Waals surface area contributed by atoms with Crippen LogP contribution in [0.15, 0.2) is 24.3 Å². The van der Waals surface area contributed by atoms with Crippen molar-refractivity contribution in [2.24, 2.45) is 0 Å². The number of aryl methyl sites for hydroxylation is 1. The topological polar surface area (TPSA) is 12.0 Å². The van der Waals surface area contributed by atoms with Crippen molar-refractivity contribution < 1.29 is 0 Å². The number of hydrogen-bond acceptors (Lipinski definition) is 1. The van der Waals surface area contributed by atoms with Gasteiger partial charge in [0.25, 0.3) is 0 Å². The van der Waals surface area contributed by atoms with Gasteiger partial charge in [0.1, 0.15) is 0 Å². The first kappa shape index (κ1) is 13.5. The predicted molar refractivity (Wildman–Crippen MR) is 82.0 cm³/mol. The van der Waals surface area contributed by atoms with Crippen molar-refractivity contribution in [1.82, 2.24) is 5.32 Å². The Morgan fingerprint density at radius 2 is 1.95 bits per heavy atom. The highest BCUT2D eigenvalue weighted by Gasteiger charge is 2.33. The third-order valence-corrected chi connectivity index (χ3v) is 5.55. The van der Waals surface area contributed by atoms with E-state index >= 15 is 0 Å². The van der Waals surface area contributed by atoms with E-state index in [-0.39, 0.29) is 5.54 Å². The minimum atomic E-state index is 0.230. The summed E-state index contributed by atoms with van der Waals surface area (Å²) >= 11 is 6.22. The molecule has 1 fully saturated rings. The van der Waals surface area contributed by atoms with Crippen LogP contribution in [-0.2, 0) is 6.42 Å².